The van der Waals surface area contributed by atoms with Crippen LogP contribution in [0.3, 0.4) is 0 Å². The second kappa shape index (κ2) is 26.1. The van der Waals surface area contributed by atoms with E-state index in [1.165, 1.54) is 0 Å². The molecule has 0 unspecified atom stereocenters. The molecular formula is C13H8F25KO13S5. The Kier molecular flexibility index (Phi) is 33.6. The van der Waals surface area contributed by atoms with E-state index in [0.29, 0.717) is 0 Å². The molecular weight excluding hydrogens is 1040 g/mol. The van der Waals surface area contributed by atoms with Crippen molar-refractivity contribution in [1.82, 2.24) is 0 Å². The molecule has 0 aliphatic heterocycles. The van der Waals surface area contributed by atoms with E-state index in [-0.39, 0.29) is 63.5 Å². The number of alkyl halides is 11. The van der Waals surface area contributed by atoms with Crippen LogP contribution in [-0.2, 0) is 65.9 Å². The van der Waals surface area contributed by atoms with Gasteiger partial charge >= 0.3 is 144 Å². The molecule has 0 fully saturated rings. The van der Waals surface area contributed by atoms with Gasteiger partial charge in [-0.25, -0.2) is 13.2 Å². The third-order valence-electron chi connectivity index (χ3n) is 2.90. The summed E-state index contributed by atoms with van der Waals surface area (Å²) >= 11 is 0. The third-order valence-corrected chi connectivity index (χ3v) is 4.90. The van der Waals surface area contributed by atoms with Crippen LogP contribution in [0.5, 0.6) is 0 Å². The Bertz CT molecular complexity index is 1780. The minimum Gasteiger partial charge on any atom is -1.00 e. The molecule has 57 heavy (non-hydrogen) atoms. The Hall–Kier alpha value is -1.29. The summed E-state index contributed by atoms with van der Waals surface area (Å²) in [5.74, 6) is -15.2. The zero-order chi connectivity index (χ0) is 45.7. The molecule has 0 bridgehead atoms. The molecule has 0 aromatic carbocycles. The van der Waals surface area contributed by atoms with Crippen molar-refractivity contribution < 1.29 is 214 Å². The maximum atomic E-state index is 12.5. The number of hydrogen-bond donors (Lipinski definition) is 0. The minimum absolute atomic E-state index is 0. The number of ketones is 1. The van der Waals surface area contributed by atoms with Crippen LogP contribution in [-0.4, -0.2) is 89.8 Å². The van der Waals surface area contributed by atoms with E-state index < -0.39 is 124 Å². The van der Waals surface area contributed by atoms with Gasteiger partial charge in [0.2, 0.25) is 0 Å². The Morgan fingerprint density at radius 1 is 0.491 bits per heavy atom. The molecule has 0 atom stereocenters. The molecule has 0 spiro atoms. The molecule has 344 valence electrons. The van der Waals surface area contributed by atoms with Gasteiger partial charge in [-0.2, -0.15) is 108 Å². The van der Waals surface area contributed by atoms with E-state index in [2.05, 4.69) is 8.92 Å². The normalized spacial score (nSPS) is 12.5. The number of halogens is 25. The molecule has 0 saturated heterocycles. The second-order valence-corrected chi connectivity index (χ2v) is 12.1. The molecule has 44 heteroatoms. The first-order valence-electron chi connectivity index (χ1n) is 9.71. The number of rotatable bonds is 12. The van der Waals surface area contributed by atoms with Gasteiger partial charge in [0.25, 0.3) is 17.5 Å². The zero-order valence-corrected chi connectivity index (χ0v) is 31.4. The first kappa shape index (κ1) is 73.3. The predicted octanol–water partition coefficient (Wildman–Crippen LogP) is 0.490. The van der Waals surface area contributed by atoms with Crippen molar-refractivity contribution in [2.75, 3.05) is 13.3 Å². The fourth-order valence-corrected chi connectivity index (χ4v) is 2.22. The molecule has 0 aromatic rings. The summed E-state index contributed by atoms with van der Waals surface area (Å²) in [6.45, 7) is -4.75. The van der Waals surface area contributed by atoms with Crippen molar-refractivity contribution in [3.05, 3.63) is 23.8 Å². The Balaban J connectivity index is -0.0000000919. The summed E-state index contributed by atoms with van der Waals surface area (Å²) in [5.41, 5.74) is 0. The quantitative estimate of drug-likeness (QED) is 0.149. The van der Waals surface area contributed by atoms with Crippen LogP contribution in [0.1, 0.15) is 7.43 Å². The van der Waals surface area contributed by atoms with Crippen molar-refractivity contribution in [1.29, 1.82) is 0 Å². The van der Waals surface area contributed by atoms with Gasteiger partial charge in [-0.3, -0.25) is 9.53 Å². The molecule has 0 N–H and O–H groups in total. The van der Waals surface area contributed by atoms with Crippen molar-refractivity contribution in [3.8, 4) is 0 Å². The Morgan fingerprint density at radius 2 is 0.702 bits per heavy atom. The van der Waals surface area contributed by atoms with Gasteiger partial charge in [0, 0.05) is 0 Å². The Morgan fingerprint density at radius 3 is 0.860 bits per heavy atom. The molecule has 0 rings (SSSR count). The Labute approximate surface area is 342 Å². The number of ether oxygens (including phenoxy) is 1. The summed E-state index contributed by atoms with van der Waals surface area (Å²) in [6.07, 6.45) is -17.9. The fraction of sp³-hybridized carbons (Fsp3) is 0.615. The van der Waals surface area contributed by atoms with Crippen LogP contribution in [0.25, 0.3) is 0 Å². The van der Waals surface area contributed by atoms with Crippen LogP contribution in [0.15, 0.2) is 23.8 Å². The summed E-state index contributed by atoms with van der Waals surface area (Å²) in [4.78, 5) is 10.0. The van der Waals surface area contributed by atoms with Gasteiger partial charge in [-0.05, 0) is 0 Å². The minimum atomic E-state index is -7.14. The topological polar surface area (TPSA) is 206 Å². The van der Waals surface area contributed by atoms with Gasteiger partial charge in [-0.1, -0.05) is 34.6 Å². The summed E-state index contributed by atoms with van der Waals surface area (Å²) in [5, 5.41) is -12.7. The maximum absolute atomic E-state index is 12.5. The first-order chi connectivity index (χ1) is 22.9. The van der Waals surface area contributed by atoms with Crippen LogP contribution >= 0.6 is 0 Å². The second-order valence-electron chi connectivity index (χ2n) is 6.91. The van der Waals surface area contributed by atoms with Gasteiger partial charge in [-0.15, -0.1) is 0 Å². The number of carbonyl (C=O) groups excluding carboxylic acids is 1. The largest absolute Gasteiger partial charge is 1.00 e. The van der Waals surface area contributed by atoms with E-state index in [1.54, 1.807) is 0 Å². The summed E-state index contributed by atoms with van der Waals surface area (Å²) < 4.78 is 371. The van der Waals surface area contributed by atoms with Crippen LogP contribution < -0.4 is 56.1 Å². The number of carbonyl (C=O) groups is 1. The molecule has 0 aliphatic rings. The molecule has 13 nitrogen and oxygen atoms in total. The van der Waals surface area contributed by atoms with E-state index in [1.807, 2.05) is 0 Å². The number of Topliss-reactive ketones (excluding diaryl/α,β-unsaturated/α-hetero) is 1. The SMILES string of the molecule is C.FCC(F)(CF)OC(F)(F)C(F)=C(F)F.O=C(C(F)(F)S(=O)(=O)F)C(F)(F)S(=O)(=O)F.O=S(=O)(F)F.O=S(=O)(F)F.O=S(=O)(F)OC(F)(F)C(F)=C(F)F.[F-].[K+]. The molecule has 0 radical (unpaired) electrons. The van der Waals surface area contributed by atoms with Crippen LogP contribution in [0, 0.1) is 0 Å². The van der Waals surface area contributed by atoms with Gasteiger partial charge in [0.15, 0.2) is 13.3 Å². The smallest absolute Gasteiger partial charge is 1.00 e. The molecule has 0 heterocycles. The van der Waals surface area contributed by atoms with Gasteiger partial charge in [0.05, 0.1) is 0 Å². The summed E-state index contributed by atoms with van der Waals surface area (Å²) in [7, 11) is -31.8. The molecule has 0 amide bonds. The van der Waals surface area contributed by atoms with Gasteiger partial charge in [0.1, 0.15) is 0 Å². The average molecular weight is 1050 g/mol. The van der Waals surface area contributed by atoms with Crippen molar-refractivity contribution >= 4 is 58.0 Å². The van der Waals surface area contributed by atoms with E-state index in [0.717, 1.165) is 0 Å². The van der Waals surface area contributed by atoms with Gasteiger partial charge < -0.3 is 4.70 Å². The zero-order valence-electron chi connectivity index (χ0n) is 24.2. The van der Waals surface area contributed by atoms with Crippen LogP contribution in [0.4, 0.5) is 102 Å². The monoisotopic (exact) mass is 1050 g/mol. The van der Waals surface area contributed by atoms with Crippen molar-refractivity contribution in [2.45, 2.75) is 36.0 Å². The third kappa shape index (κ3) is 34.2. The molecule has 0 saturated carbocycles. The summed E-state index contributed by atoms with van der Waals surface area (Å²) in [6, 6.07) is 0. The van der Waals surface area contributed by atoms with E-state index in [4.69, 9.17) is 16.8 Å². The molecule has 0 aromatic heterocycles. The standard InChI is InChI=1S/C6H4F8O.C3F6O5S2.C3F6O3S.CH4.2F2O2S.FH.K/c7-1-5(12,2-8)15-6(13,14)3(9)4(10)11;4-2(5,15(8,11)12)1(10)3(6,7)16(9,13)14;4-1(2(5)6)3(7,8)12-13(9,10)11;;2*1-5(2,3)4;;/h1-2H2;;;1H4;;;1H;/q;;;;;;;+1/p-1. The van der Waals surface area contributed by atoms with E-state index in [9.17, 15) is 132 Å². The number of hydrogen-bond acceptors (Lipinski definition) is 13. The first-order valence-corrected chi connectivity index (χ1v) is 16.4. The fourth-order valence-electron chi connectivity index (χ4n) is 1.14. The maximum Gasteiger partial charge on any atom is 1.00 e. The predicted molar refractivity (Wildman–Crippen MR) is 123 cm³/mol. The molecule has 0 aliphatic carbocycles. The van der Waals surface area contributed by atoms with Crippen molar-refractivity contribution in [2.24, 2.45) is 0 Å². The van der Waals surface area contributed by atoms with Crippen molar-refractivity contribution in [3.63, 3.8) is 0 Å². The average Bonchev–Trinajstić information content (AvgIpc) is 2.87. The van der Waals surface area contributed by atoms with Crippen LogP contribution in [0.2, 0.25) is 0 Å². The van der Waals surface area contributed by atoms with E-state index >= 15 is 0 Å².